The van der Waals surface area contributed by atoms with Crippen LogP contribution in [0.3, 0.4) is 0 Å². The number of morpholine rings is 1. The second-order valence-corrected chi connectivity index (χ2v) is 12.3. The zero-order chi connectivity index (χ0) is 27.2. The Balaban J connectivity index is 1.23. The molecule has 3 aliphatic rings. The molecule has 6 nitrogen and oxygen atoms in total. The number of hydrogen-bond acceptors (Lipinski definition) is 5. The molecular weight excluding hydrogens is 506 g/mol. The minimum atomic E-state index is -0.0518. The van der Waals surface area contributed by atoms with Crippen LogP contribution in [0.15, 0.2) is 47.4 Å². The lowest BCUT2D eigenvalue weighted by Gasteiger charge is -2.44. The normalized spacial score (nSPS) is 23.1. The van der Waals surface area contributed by atoms with Crippen LogP contribution in [0, 0.1) is 13.8 Å². The molecule has 5 rings (SSSR count). The number of nitrogens with one attached hydrogen (secondary N) is 1. The van der Waals surface area contributed by atoms with Crippen LogP contribution in [0.25, 0.3) is 6.08 Å². The number of fused-ring (bicyclic) bond motifs is 1. The fraction of sp³-hybridized carbons (Fsp3) is 0.500. The summed E-state index contributed by atoms with van der Waals surface area (Å²) in [7, 11) is 0. The zero-order valence-corrected chi connectivity index (χ0v) is 24.1. The van der Waals surface area contributed by atoms with Crippen molar-refractivity contribution in [1.29, 1.82) is 0 Å². The number of ether oxygens (including phenoxy) is 1. The maximum absolute atomic E-state index is 13.8. The van der Waals surface area contributed by atoms with Crippen LogP contribution in [0.1, 0.15) is 64.7 Å². The molecule has 2 aromatic rings. The van der Waals surface area contributed by atoms with Crippen LogP contribution >= 0.6 is 11.8 Å². The molecule has 0 spiro atoms. The Kier molecular flexibility index (Phi) is 9.43. The molecule has 0 radical (unpaired) electrons. The van der Waals surface area contributed by atoms with Gasteiger partial charge in [-0.25, -0.2) is 0 Å². The van der Waals surface area contributed by atoms with Crippen LogP contribution in [0.5, 0.6) is 0 Å². The number of aryl methyl sites for hydroxylation is 2. The van der Waals surface area contributed by atoms with E-state index in [1.54, 1.807) is 11.8 Å². The molecule has 0 aromatic heterocycles. The van der Waals surface area contributed by atoms with Gasteiger partial charge in [0.1, 0.15) is 0 Å². The molecule has 2 amide bonds. The van der Waals surface area contributed by atoms with Crippen LogP contribution in [-0.4, -0.2) is 72.3 Å². The Morgan fingerprint density at radius 3 is 2.64 bits per heavy atom. The summed E-state index contributed by atoms with van der Waals surface area (Å²) in [6, 6.07) is 14.4. The molecule has 2 unspecified atom stereocenters. The quantitative estimate of drug-likeness (QED) is 0.364. The Morgan fingerprint density at radius 2 is 1.85 bits per heavy atom. The van der Waals surface area contributed by atoms with Gasteiger partial charge in [-0.15, -0.1) is 11.8 Å². The Bertz CT molecular complexity index is 1190. The first kappa shape index (κ1) is 27.9. The average molecular weight is 548 g/mol. The molecule has 2 aliphatic heterocycles. The van der Waals surface area contributed by atoms with Crippen molar-refractivity contribution in [2.45, 2.75) is 63.8 Å². The predicted molar refractivity (Wildman–Crippen MR) is 159 cm³/mol. The molecule has 1 aliphatic carbocycles. The lowest BCUT2D eigenvalue weighted by Crippen LogP contribution is -2.50. The minimum Gasteiger partial charge on any atom is -0.379 e. The summed E-state index contributed by atoms with van der Waals surface area (Å²) in [5.41, 5.74) is 5.30. The van der Waals surface area contributed by atoms with Crippen LogP contribution in [0.4, 0.5) is 0 Å². The number of thioether (sulfide) groups is 1. The first-order valence-corrected chi connectivity index (χ1v) is 15.3. The first-order valence-electron chi connectivity index (χ1n) is 14.4. The highest BCUT2D eigenvalue weighted by Crippen LogP contribution is 2.43. The molecule has 2 aromatic carbocycles. The Hall–Kier alpha value is -2.61. The molecule has 2 heterocycles. The standard InChI is InChI=1S/C32H41N3O3S/c1-23-8-9-24(2)27(20-23)22-35-28-6-3-4-7-29(28)39-30(32(35)37)21-25-10-12-26(13-11-25)31(36)33-14-5-15-34-16-18-38-19-17-34/h8-13,20-21,28-29H,3-7,14-19,22H2,1-2H3,(H,33,36)/b30-21-. The fourth-order valence-electron chi connectivity index (χ4n) is 5.83. The van der Waals surface area contributed by atoms with Gasteiger partial charge in [0.15, 0.2) is 0 Å². The second kappa shape index (κ2) is 13.2. The lowest BCUT2D eigenvalue weighted by atomic mass is 9.92. The van der Waals surface area contributed by atoms with Gasteiger partial charge in [0.2, 0.25) is 0 Å². The number of benzene rings is 2. The number of amides is 2. The van der Waals surface area contributed by atoms with E-state index in [1.807, 2.05) is 30.3 Å². The van der Waals surface area contributed by atoms with Gasteiger partial charge in [-0.2, -0.15) is 0 Å². The zero-order valence-electron chi connectivity index (χ0n) is 23.3. The van der Waals surface area contributed by atoms with E-state index in [1.165, 1.54) is 29.5 Å². The van der Waals surface area contributed by atoms with Crippen LogP contribution < -0.4 is 5.32 Å². The Morgan fingerprint density at radius 1 is 1.08 bits per heavy atom. The van der Waals surface area contributed by atoms with Crippen molar-refractivity contribution >= 4 is 29.7 Å². The third-order valence-electron chi connectivity index (χ3n) is 8.17. The average Bonchev–Trinajstić information content (AvgIpc) is 2.96. The minimum absolute atomic E-state index is 0.0518. The van der Waals surface area contributed by atoms with Crippen molar-refractivity contribution in [1.82, 2.24) is 15.1 Å². The smallest absolute Gasteiger partial charge is 0.260 e. The molecule has 39 heavy (non-hydrogen) atoms. The molecule has 2 saturated heterocycles. The largest absolute Gasteiger partial charge is 0.379 e. The summed E-state index contributed by atoms with van der Waals surface area (Å²) in [6.45, 7) is 10.1. The molecule has 2 atom stereocenters. The highest BCUT2D eigenvalue weighted by atomic mass is 32.2. The topological polar surface area (TPSA) is 61.9 Å². The molecular formula is C32H41N3O3S. The van der Waals surface area contributed by atoms with Gasteiger partial charge in [-0.05, 0) is 74.6 Å². The third-order valence-corrected chi connectivity index (χ3v) is 9.57. The molecule has 0 bridgehead atoms. The van der Waals surface area contributed by atoms with Gasteiger partial charge in [0.05, 0.1) is 18.1 Å². The van der Waals surface area contributed by atoms with Crippen molar-refractivity contribution in [2.75, 3.05) is 39.4 Å². The molecule has 7 heteroatoms. The molecule has 208 valence electrons. The Labute approximate surface area is 237 Å². The summed E-state index contributed by atoms with van der Waals surface area (Å²) in [5.74, 6) is 0.0789. The molecule has 1 N–H and O–H groups in total. The van der Waals surface area contributed by atoms with E-state index in [9.17, 15) is 9.59 Å². The van der Waals surface area contributed by atoms with E-state index < -0.39 is 0 Å². The van der Waals surface area contributed by atoms with Crippen molar-refractivity contribution in [3.8, 4) is 0 Å². The summed E-state index contributed by atoms with van der Waals surface area (Å²) < 4.78 is 5.39. The number of hydrogen-bond donors (Lipinski definition) is 1. The highest BCUT2D eigenvalue weighted by molar-refractivity contribution is 8.04. The number of nitrogens with zero attached hydrogens (tertiary/aromatic N) is 2. The van der Waals surface area contributed by atoms with Crippen molar-refractivity contribution < 1.29 is 14.3 Å². The van der Waals surface area contributed by atoms with Gasteiger partial charge >= 0.3 is 0 Å². The van der Waals surface area contributed by atoms with E-state index in [-0.39, 0.29) is 11.8 Å². The maximum Gasteiger partial charge on any atom is 0.260 e. The van der Waals surface area contributed by atoms with Gasteiger partial charge in [0.25, 0.3) is 11.8 Å². The second-order valence-electron chi connectivity index (χ2n) is 11.1. The van der Waals surface area contributed by atoms with Gasteiger partial charge < -0.3 is 15.0 Å². The third kappa shape index (κ3) is 7.13. The van der Waals surface area contributed by atoms with Gasteiger partial charge in [-0.3, -0.25) is 14.5 Å². The van der Waals surface area contributed by atoms with E-state index in [0.717, 1.165) is 62.6 Å². The maximum atomic E-state index is 13.8. The highest BCUT2D eigenvalue weighted by Gasteiger charge is 2.40. The van der Waals surface area contributed by atoms with Crippen LogP contribution in [0.2, 0.25) is 0 Å². The SMILES string of the molecule is Cc1ccc(C)c(CN2C(=O)/C(=C/c3ccc(C(=O)NCCCN4CCOCC4)cc3)SC3CCCCC32)c1. The van der Waals surface area contributed by atoms with E-state index in [0.29, 0.717) is 29.9 Å². The summed E-state index contributed by atoms with van der Waals surface area (Å²) in [6.07, 6.45) is 7.58. The number of rotatable bonds is 8. The van der Waals surface area contributed by atoms with E-state index in [2.05, 4.69) is 47.2 Å². The first-order chi connectivity index (χ1) is 19.0. The van der Waals surface area contributed by atoms with Gasteiger partial charge in [0, 0.05) is 43.0 Å². The summed E-state index contributed by atoms with van der Waals surface area (Å²) in [4.78, 5) is 31.8. The lowest BCUT2D eigenvalue weighted by molar-refractivity contribution is -0.130. The molecule has 1 saturated carbocycles. The van der Waals surface area contributed by atoms with Crippen molar-refractivity contribution in [3.05, 3.63) is 75.2 Å². The monoisotopic (exact) mass is 547 g/mol. The van der Waals surface area contributed by atoms with E-state index >= 15 is 0 Å². The van der Waals surface area contributed by atoms with E-state index in [4.69, 9.17) is 4.74 Å². The van der Waals surface area contributed by atoms with Crippen molar-refractivity contribution in [3.63, 3.8) is 0 Å². The number of carbonyl (C=O) groups excluding carboxylic acids is 2. The summed E-state index contributed by atoms with van der Waals surface area (Å²) >= 11 is 1.75. The van der Waals surface area contributed by atoms with Gasteiger partial charge in [-0.1, -0.05) is 48.7 Å². The van der Waals surface area contributed by atoms with Crippen LogP contribution in [-0.2, 0) is 16.1 Å². The number of carbonyl (C=O) groups is 2. The molecule has 3 fully saturated rings. The predicted octanol–water partition coefficient (Wildman–Crippen LogP) is 5.18. The summed E-state index contributed by atoms with van der Waals surface area (Å²) in [5, 5.41) is 3.48. The van der Waals surface area contributed by atoms with Crippen molar-refractivity contribution in [2.24, 2.45) is 0 Å². The fourth-order valence-corrected chi connectivity index (χ4v) is 7.30.